The molecule has 0 radical (unpaired) electrons. The molecule has 1 saturated carbocycles. The van der Waals surface area contributed by atoms with Crippen LogP contribution in [0.1, 0.15) is 47.3 Å². The average molecular weight is 321 g/mol. The molecule has 118 valence electrons. The molecule has 1 aromatic heterocycles. The first-order valence-electron chi connectivity index (χ1n) is 7.70. The Balaban J connectivity index is 1.93. The lowest BCUT2D eigenvalue weighted by molar-refractivity contribution is 0.0927. The zero-order valence-electron chi connectivity index (χ0n) is 12.7. The van der Waals surface area contributed by atoms with Gasteiger partial charge in [0.25, 0.3) is 5.91 Å². The number of halogens is 1. The van der Waals surface area contributed by atoms with Gasteiger partial charge in [0.15, 0.2) is 0 Å². The Morgan fingerprint density at radius 3 is 2.86 bits per heavy atom. The SMILES string of the molecule is COCc1c(C(=O)NC2CCCCC2)sc2cccc(F)c12. The highest BCUT2D eigenvalue weighted by molar-refractivity contribution is 7.21. The van der Waals surface area contributed by atoms with Crippen LogP contribution in [-0.4, -0.2) is 19.1 Å². The van der Waals surface area contributed by atoms with Crippen molar-refractivity contribution in [3.8, 4) is 0 Å². The third-order valence-corrected chi connectivity index (χ3v) is 5.39. The predicted octanol–water partition coefficient (Wildman–Crippen LogP) is 4.25. The van der Waals surface area contributed by atoms with Crippen molar-refractivity contribution < 1.29 is 13.9 Å². The molecule has 0 aliphatic heterocycles. The normalized spacial score (nSPS) is 16.1. The molecule has 1 amide bonds. The summed E-state index contributed by atoms with van der Waals surface area (Å²) in [5.74, 6) is -0.392. The number of carbonyl (C=O) groups is 1. The van der Waals surface area contributed by atoms with E-state index in [1.165, 1.54) is 23.8 Å². The van der Waals surface area contributed by atoms with E-state index in [0.29, 0.717) is 15.8 Å². The number of nitrogens with one attached hydrogen (secondary N) is 1. The average Bonchev–Trinajstić information content (AvgIpc) is 2.89. The van der Waals surface area contributed by atoms with E-state index in [0.717, 1.165) is 30.4 Å². The van der Waals surface area contributed by atoms with Crippen LogP contribution < -0.4 is 5.32 Å². The molecule has 5 heteroatoms. The summed E-state index contributed by atoms with van der Waals surface area (Å²) in [5, 5.41) is 3.62. The van der Waals surface area contributed by atoms with Gasteiger partial charge in [-0.2, -0.15) is 0 Å². The van der Waals surface area contributed by atoms with Crippen molar-refractivity contribution >= 4 is 27.3 Å². The van der Waals surface area contributed by atoms with Crippen LogP contribution in [-0.2, 0) is 11.3 Å². The van der Waals surface area contributed by atoms with Crippen LogP contribution in [0.5, 0.6) is 0 Å². The van der Waals surface area contributed by atoms with E-state index in [9.17, 15) is 9.18 Å². The van der Waals surface area contributed by atoms with Gasteiger partial charge >= 0.3 is 0 Å². The molecule has 0 unspecified atom stereocenters. The summed E-state index contributed by atoms with van der Waals surface area (Å²) < 4.78 is 20.1. The number of ether oxygens (including phenoxy) is 1. The van der Waals surface area contributed by atoms with Gasteiger partial charge < -0.3 is 10.1 Å². The summed E-state index contributed by atoms with van der Waals surface area (Å²) >= 11 is 1.34. The number of hydrogen-bond donors (Lipinski definition) is 1. The van der Waals surface area contributed by atoms with E-state index in [4.69, 9.17) is 4.74 Å². The monoisotopic (exact) mass is 321 g/mol. The fourth-order valence-electron chi connectivity index (χ4n) is 3.13. The number of amides is 1. The highest BCUT2D eigenvalue weighted by Gasteiger charge is 2.23. The fourth-order valence-corrected chi connectivity index (χ4v) is 4.26. The molecule has 1 aliphatic rings. The molecule has 22 heavy (non-hydrogen) atoms. The number of benzene rings is 1. The lowest BCUT2D eigenvalue weighted by Gasteiger charge is -2.22. The van der Waals surface area contributed by atoms with Crippen molar-refractivity contribution in [3.63, 3.8) is 0 Å². The van der Waals surface area contributed by atoms with E-state index in [-0.39, 0.29) is 24.4 Å². The summed E-state index contributed by atoms with van der Waals surface area (Å²) in [5.41, 5.74) is 0.661. The van der Waals surface area contributed by atoms with Crippen LogP contribution >= 0.6 is 11.3 Å². The molecule has 0 bridgehead atoms. The molecule has 1 aliphatic carbocycles. The topological polar surface area (TPSA) is 38.3 Å². The van der Waals surface area contributed by atoms with Crippen molar-refractivity contribution in [1.82, 2.24) is 5.32 Å². The minimum absolute atomic E-state index is 0.0976. The van der Waals surface area contributed by atoms with Gasteiger partial charge in [-0.25, -0.2) is 4.39 Å². The van der Waals surface area contributed by atoms with Gasteiger partial charge in [0.1, 0.15) is 5.82 Å². The zero-order valence-corrected chi connectivity index (χ0v) is 13.5. The second-order valence-electron chi connectivity index (χ2n) is 5.76. The smallest absolute Gasteiger partial charge is 0.261 e. The van der Waals surface area contributed by atoms with Crippen LogP contribution in [0.3, 0.4) is 0 Å². The number of rotatable bonds is 4. The van der Waals surface area contributed by atoms with Crippen LogP contribution in [0, 0.1) is 5.82 Å². The van der Waals surface area contributed by atoms with E-state index in [2.05, 4.69) is 5.32 Å². The molecule has 1 aromatic carbocycles. The van der Waals surface area contributed by atoms with Gasteiger partial charge in [-0.3, -0.25) is 4.79 Å². The van der Waals surface area contributed by atoms with E-state index < -0.39 is 0 Å². The molecule has 1 heterocycles. The van der Waals surface area contributed by atoms with E-state index in [1.54, 1.807) is 13.2 Å². The molecule has 3 rings (SSSR count). The molecule has 0 spiro atoms. The van der Waals surface area contributed by atoms with Crippen molar-refractivity contribution in [1.29, 1.82) is 0 Å². The van der Waals surface area contributed by atoms with Crippen molar-refractivity contribution in [2.75, 3.05) is 7.11 Å². The number of hydrogen-bond acceptors (Lipinski definition) is 3. The molecule has 3 nitrogen and oxygen atoms in total. The van der Waals surface area contributed by atoms with E-state index >= 15 is 0 Å². The predicted molar refractivity (Wildman–Crippen MR) is 86.8 cm³/mol. The molecule has 0 atom stereocenters. The lowest BCUT2D eigenvalue weighted by Crippen LogP contribution is -2.36. The fraction of sp³-hybridized carbons (Fsp3) is 0.471. The Morgan fingerprint density at radius 2 is 2.14 bits per heavy atom. The Morgan fingerprint density at radius 1 is 1.36 bits per heavy atom. The molecule has 1 fully saturated rings. The summed E-state index contributed by atoms with van der Waals surface area (Å²) in [6.45, 7) is 0.244. The maximum absolute atomic E-state index is 14.1. The van der Waals surface area contributed by atoms with Crippen molar-refractivity contribution in [2.45, 2.75) is 44.8 Å². The number of carbonyl (C=O) groups excluding carboxylic acids is 1. The molecule has 2 aromatic rings. The van der Waals surface area contributed by atoms with Crippen LogP contribution in [0.2, 0.25) is 0 Å². The van der Waals surface area contributed by atoms with Crippen LogP contribution in [0.4, 0.5) is 4.39 Å². The van der Waals surface area contributed by atoms with Gasteiger partial charge in [0, 0.05) is 28.8 Å². The van der Waals surface area contributed by atoms with Gasteiger partial charge in [-0.1, -0.05) is 25.3 Å². The molecular weight excluding hydrogens is 301 g/mol. The number of fused-ring (bicyclic) bond motifs is 1. The Hall–Kier alpha value is -1.46. The van der Waals surface area contributed by atoms with Gasteiger partial charge in [0.2, 0.25) is 0 Å². The van der Waals surface area contributed by atoms with Crippen molar-refractivity contribution in [2.24, 2.45) is 0 Å². The Kier molecular flexibility index (Phi) is 4.74. The van der Waals surface area contributed by atoms with E-state index in [1.807, 2.05) is 6.07 Å². The summed E-state index contributed by atoms with van der Waals surface area (Å²) in [7, 11) is 1.56. The first-order chi connectivity index (χ1) is 10.7. The largest absolute Gasteiger partial charge is 0.380 e. The zero-order chi connectivity index (χ0) is 15.5. The third kappa shape index (κ3) is 3.01. The lowest BCUT2D eigenvalue weighted by atomic mass is 9.95. The van der Waals surface area contributed by atoms with Gasteiger partial charge in [-0.15, -0.1) is 11.3 Å². The van der Waals surface area contributed by atoms with Crippen molar-refractivity contribution in [3.05, 3.63) is 34.5 Å². The summed E-state index contributed by atoms with van der Waals surface area (Å²) in [6, 6.07) is 5.19. The Bertz CT molecular complexity index is 677. The maximum atomic E-state index is 14.1. The van der Waals surface area contributed by atoms with Crippen LogP contribution in [0.25, 0.3) is 10.1 Å². The molecule has 1 N–H and O–H groups in total. The molecular formula is C17H20FNO2S. The number of thiophene rings is 1. The number of methoxy groups -OCH3 is 1. The first kappa shape index (κ1) is 15.4. The van der Waals surface area contributed by atoms with Gasteiger partial charge in [0.05, 0.1) is 11.5 Å². The third-order valence-electron chi connectivity index (χ3n) is 4.20. The van der Waals surface area contributed by atoms with Gasteiger partial charge in [-0.05, 0) is 25.0 Å². The molecule has 0 saturated heterocycles. The minimum atomic E-state index is -0.294. The minimum Gasteiger partial charge on any atom is -0.380 e. The maximum Gasteiger partial charge on any atom is 0.261 e. The standard InChI is InChI=1S/C17H20FNO2S/c1-21-10-12-15-13(18)8-5-9-14(15)22-16(12)17(20)19-11-6-3-2-4-7-11/h5,8-9,11H,2-4,6-7,10H2,1H3,(H,19,20). The van der Waals surface area contributed by atoms with Crippen LogP contribution in [0.15, 0.2) is 18.2 Å². The second kappa shape index (κ2) is 6.75. The Labute approximate surface area is 133 Å². The highest BCUT2D eigenvalue weighted by atomic mass is 32.1. The summed E-state index contributed by atoms with van der Waals surface area (Å²) in [4.78, 5) is 13.2. The first-order valence-corrected chi connectivity index (χ1v) is 8.52. The quantitative estimate of drug-likeness (QED) is 0.914. The summed E-state index contributed by atoms with van der Waals surface area (Å²) in [6.07, 6.45) is 5.64. The highest BCUT2D eigenvalue weighted by Crippen LogP contribution is 2.34. The second-order valence-corrected chi connectivity index (χ2v) is 6.82.